The van der Waals surface area contributed by atoms with Gasteiger partial charge in [-0.05, 0) is 30.7 Å². The molecule has 0 N–H and O–H groups in total. The fourth-order valence-corrected chi connectivity index (χ4v) is 2.49. The molecule has 0 spiro atoms. The fourth-order valence-electron chi connectivity index (χ4n) is 2.26. The molecule has 0 bridgehead atoms. The zero-order valence-electron chi connectivity index (χ0n) is 11.5. The van der Waals surface area contributed by atoms with Crippen molar-refractivity contribution in [1.29, 1.82) is 0 Å². The van der Waals surface area contributed by atoms with Crippen LogP contribution in [0.1, 0.15) is 5.56 Å². The molecule has 0 aliphatic rings. The number of nitrogens with zero attached hydrogens (tertiary/aromatic N) is 2. The summed E-state index contributed by atoms with van der Waals surface area (Å²) < 4.78 is 19.4. The summed E-state index contributed by atoms with van der Waals surface area (Å²) in [6.45, 7) is 1.92. The number of methoxy groups -OCH3 is 1. The molecule has 3 nitrogen and oxygen atoms in total. The highest BCUT2D eigenvalue weighted by molar-refractivity contribution is 6.34. The maximum absolute atomic E-state index is 14.2. The molecule has 1 heterocycles. The van der Waals surface area contributed by atoms with Gasteiger partial charge < -0.3 is 4.74 Å². The van der Waals surface area contributed by atoms with Crippen molar-refractivity contribution >= 4 is 22.5 Å². The van der Waals surface area contributed by atoms with E-state index >= 15 is 0 Å². The van der Waals surface area contributed by atoms with Gasteiger partial charge in [0, 0.05) is 5.39 Å². The summed E-state index contributed by atoms with van der Waals surface area (Å²) >= 11 is 6.22. The lowest BCUT2D eigenvalue weighted by atomic mass is 10.1. The number of hydrogen-bond donors (Lipinski definition) is 0. The van der Waals surface area contributed by atoms with Gasteiger partial charge in [-0.15, -0.1) is 0 Å². The SMILES string of the molecule is COc1cccc(F)c1-c1nc(Cl)c2cccc(C)c2n1. The van der Waals surface area contributed by atoms with E-state index in [4.69, 9.17) is 16.3 Å². The van der Waals surface area contributed by atoms with Gasteiger partial charge in [-0.25, -0.2) is 14.4 Å². The summed E-state index contributed by atoms with van der Waals surface area (Å²) in [6, 6.07) is 10.2. The van der Waals surface area contributed by atoms with E-state index < -0.39 is 5.82 Å². The quantitative estimate of drug-likeness (QED) is 0.658. The Morgan fingerprint density at radius 1 is 1.10 bits per heavy atom. The lowest BCUT2D eigenvalue weighted by Crippen LogP contribution is -1.98. The first kappa shape index (κ1) is 13.8. The van der Waals surface area contributed by atoms with Crippen LogP contribution in [-0.4, -0.2) is 17.1 Å². The predicted molar refractivity (Wildman–Crippen MR) is 81.2 cm³/mol. The summed E-state index contributed by atoms with van der Waals surface area (Å²) in [5.41, 5.74) is 1.87. The monoisotopic (exact) mass is 302 g/mol. The maximum atomic E-state index is 14.2. The first-order valence-corrected chi connectivity index (χ1v) is 6.75. The van der Waals surface area contributed by atoms with E-state index in [1.54, 1.807) is 12.1 Å². The number of rotatable bonds is 2. The molecule has 0 atom stereocenters. The van der Waals surface area contributed by atoms with Crippen molar-refractivity contribution in [2.75, 3.05) is 7.11 Å². The van der Waals surface area contributed by atoms with E-state index in [1.807, 2.05) is 25.1 Å². The van der Waals surface area contributed by atoms with Crippen LogP contribution in [0.15, 0.2) is 36.4 Å². The van der Waals surface area contributed by atoms with E-state index in [0.717, 1.165) is 10.9 Å². The van der Waals surface area contributed by atoms with Crippen LogP contribution in [0.5, 0.6) is 5.75 Å². The third-order valence-corrected chi connectivity index (χ3v) is 3.59. The molecule has 0 saturated heterocycles. The Labute approximate surface area is 126 Å². The largest absolute Gasteiger partial charge is 0.496 e. The molecule has 2 aromatic carbocycles. The molecule has 0 radical (unpaired) electrons. The van der Waals surface area contributed by atoms with Gasteiger partial charge in [0.1, 0.15) is 16.7 Å². The van der Waals surface area contributed by atoms with Crippen molar-refractivity contribution in [1.82, 2.24) is 9.97 Å². The molecule has 106 valence electrons. The van der Waals surface area contributed by atoms with E-state index in [2.05, 4.69) is 9.97 Å². The van der Waals surface area contributed by atoms with Crippen molar-refractivity contribution in [2.24, 2.45) is 0 Å². The van der Waals surface area contributed by atoms with Gasteiger partial charge in [-0.3, -0.25) is 0 Å². The van der Waals surface area contributed by atoms with Crippen LogP contribution in [0.2, 0.25) is 5.15 Å². The molecule has 0 unspecified atom stereocenters. The van der Waals surface area contributed by atoms with Gasteiger partial charge in [0.15, 0.2) is 5.82 Å². The standard InChI is InChI=1S/C16H12ClFN2O/c1-9-5-3-6-10-14(9)19-16(20-15(10)17)13-11(18)7-4-8-12(13)21-2/h3-8H,1-2H3. The Kier molecular flexibility index (Phi) is 3.47. The summed E-state index contributed by atoms with van der Waals surface area (Å²) in [5, 5.41) is 1.04. The van der Waals surface area contributed by atoms with Crippen LogP contribution in [0.4, 0.5) is 4.39 Å². The smallest absolute Gasteiger partial charge is 0.168 e. The zero-order chi connectivity index (χ0) is 15.0. The fraction of sp³-hybridized carbons (Fsp3) is 0.125. The average Bonchev–Trinajstić information content (AvgIpc) is 2.48. The van der Waals surface area contributed by atoms with Crippen molar-refractivity contribution < 1.29 is 9.13 Å². The molecular formula is C16H12ClFN2O. The second kappa shape index (κ2) is 5.30. The highest BCUT2D eigenvalue weighted by atomic mass is 35.5. The molecule has 3 rings (SSSR count). The van der Waals surface area contributed by atoms with Crippen LogP contribution < -0.4 is 4.74 Å². The summed E-state index contributed by atoms with van der Waals surface area (Å²) in [5.74, 6) is 0.147. The molecule has 1 aromatic heterocycles. The first-order chi connectivity index (χ1) is 10.1. The maximum Gasteiger partial charge on any atom is 0.168 e. The van der Waals surface area contributed by atoms with E-state index in [-0.39, 0.29) is 11.4 Å². The molecule has 21 heavy (non-hydrogen) atoms. The number of aromatic nitrogens is 2. The van der Waals surface area contributed by atoms with Gasteiger partial charge in [-0.1, -0.05) is 29.8 Å². The van der Waals surface area contributed by atoms with Crippen LogP contribution in [-0.2, 0) is 0 Å². The Morgan fingerprint density at radius 3 is 2.62 bits per heavy atom. The van der Waals surface area contributed by atoms with Crippen LogP contribution in [0.25, 0.3) is 22.3 Å². The Balaban J connectivity index is 2.34. The molecule has 0 fully saturated rings. The molecule has 0 aliphatic carbocycles. The highest BCUT2D eigenvalue weighted by Crippen LogP contribution is 2.33. The second-order valence-corrected chi connectivity index (χ2v) is 4.98. The molecule has 0 aliphatic heterocycles. The molecule has 3 aromatic rings. The van der Waals surface area contributed by atoms with Gasteiger partial charge in [0.05, 0.1) is 18.2 Å². The topological polar surface area (TPSA) is 35.0 Å². The molecule has 0 amide bonds. The van der Waals surface area contributed by atoms with Crippen molar-refractivity contribution in [3.8, 4) is 17.1 Å². The lowest BCUT2D eigenvalue weighted by molar-refractivity contribution is 0.413. The number of halogens is 2. The minimum atomic E-state index is -0.446. The number of para-hydroxylation sites is 1. The first-order valence-electron chi connectivity index (χ1n) is 6.37. The van der Waals surface area contributed by atoms with E-state index in [9.17, 15) is 4.39 Å². The van der Waals surface area contributed by atoms with Gasteiger partial charge in [-0.2, -0.15) is 0 Å². The number of fused-ring (bicyclic) bond motifs is 1. The van der Waals surface area contributed by atoms with Gasteiger partial charge >= 0.3 is 0 Å². The number of aryl methyl sites for hydroxylation is 1. The van der Waals surface area contributed by atoms with E-state index in [0.29, 0.717) is 16.4 Å². The average molecular weight is 303 g/mol. The third kappa shape index (κ3) is 2.32. The Bertz CT molecular complexity index is 836. The number of benzene rings is 2. The summed E-state index contributed by atoms with van der Waals surface area (Å²) in [6.07, 6.45) is 0. The minimum Gasteiger partial charge on any atom is -0.496 e. The van der Waals surface area contributed by atoms with Crippen LogP contribution in [0, 0.1) is 12.7 Å². The predicted octanol–water partition coefficient (Wildman–Crippen LogP) is 4.41. The summed E-state index contributed by atoms with van der Waals surface area (Å²) in [4.78, 5) is 8.68. The van der Waals surface area contributed by atoms with Gasteiger partial charge in [0.2, 0.25) is 0 Å². The van der Waals surface area contributed by atoms with Crippen LogP contribution >= 0.6 is 11.6 Å². The zero-order valence-corrected chi connectivity index (χ0v) is 12.3. The van der Waals surface area contributed by atoms with Crippen molar-refractivity contribution in [3.63, 3.8) is 0 Å². The Morgan fingerprint density at radius 2 is 1.86 bits per heavy atom. The molecular weight excluding hydrogens is 291 g/mol. The van der Waals surface area contributed by atoms with Crippen molar-refractivity contribution in [3.05, 3.63) is 52.9 Å². The highest BCUT2D eigenvalue weighted by Gasteiger charge is 2.17. The normalized spacial score (nSPS) is 10.9. The van der Waals surface area contributed by atoms with Crippen LogP contribution in [0.3, 0.4) is 0 Å². The molecule has 5 heteroatoms. The minimum absolute atomic E-state index is 0.215. The lowest BCUT2D eigenvalue weighted by Gasteiger charge is -2.10. The summed E-state index contributed by atoms with van der Waals surface area (Å²) in [7, 11) is 1.48. The van der Waals surface area contributed by atoms with E-state index in [1.165, 1.54) is 13.2 Å². The Hall–Kier alpha value is -2.20. The van der Waals surface area contributed by atoms with Gasteiger partial charge in [0.25, 0.3) is 0 Å². The molecule has 0 saturated carbocycles. The second-order valence-electron chi connectivity index (χ2n) is 4.63. The number of ether oxygens (including phenoxy) is 1. The number of hydrogen-bond acceptors (Lipinski definition) is 3. The third-order valence-electron chi connectivity index (χ3n) is 3.30. The van der Waals surface area contributed by atoms with Crippen molar-refractivity contribution in [2.45, 2.75) is 6.92 Å².